The van der Waals surface area contributed by atoms with Gasteiger partial charge < -0.3 is 15.1 Å². The van der Waals surface area contributed by atoms with Crippen LogP contribution in [0.2, 0.25) is 0 Å². The molecule has 15 heavy (non-hydrogen) atoms. The number of quaternary nitrogens is 1. The lowest BCUT2D eigenvalue weighted by atomic mass is 9.74. The van der Waals surface area contributed by atoms with Crippen molar-refractivity contribution in [1.82, 2.24) is 9.80 Å². The van der Waals surface area contributed by atoms with E-state index in [1.54, 1.807) is 0 Å². The van der Waals surface area contributed by atoms with Gasteiger partial charge in [-0.05, 0) is 38.9 Å². The Bertz CT molecular complexity index is 221. The molecule has 0 aromatic carbocycles. The Morgan fingerprint density at radius 1 is 1.20 bits per heavy atom. The zero-order chi connectivity index (χ0) is 10.3. The lowest BCUT2D eigenvalue weighted by molar-refractivity contribution is -0.747. The van der Waals surface area contributed by atoms with Crippen molar-refractivity contribution in [3.63, 3.8) is 0 Å². The average Bonchev–Trinajstić information content (AvgIpc) is 2.10. The molecule has 3 saturated heterocycles. The predicted molar refractivity (Wildman–Crippen MR) is 60.8 cm³/mol. The first-order chi connectivity index (χ1) is 7.26. The number of nitrogens with two attached hydrogens (primary N) is 1. The van der Waals surface area contributed by atoms with Crippen LogP contribution in [0.5, 0.6) is 0 Å². The summed E-state index contributed by atoms with van der Waals surface area (Å²) in [6, 6.07) is 0. The molecule has 0 saturated carbocycles. The zero-order valence-electron chi connectivity index (χ0n) is 9.91. The predicted octanol–water partition coefficient (Wildman–Crippen LogP) is -0.793. The molecule has 0 radical (unpaired) electrons. The summed E-state index contributed by atoms with van der Waals surface area (Å²) in [6.45, 7) is 9.62. The number of likely N-dealkylation sites (tertiary alicyclic amines) is 2. The van der Waals surface area contributed by atoms with E-state index in [4.69, 9.17) is 0 Å². The highest BCUT2D eigenvalue weighted by atomic mass is 15.3. The second-order valence-corrected chi connectivity index (χ2v) is 6.11. The number of hydrogen-bond acceptors (Lipinski definition) is 2. The molecule has 3 nitrogen and oxygen atoms in total. The van der Waals surface area contributed by atoms with E-state index in [0.717, 1.165) is 11.3 Å². The van der Waals surface area contributed by atoms with E-state index in [0.29, 0.717) is 0 Å². The highest BCUT2D eigenvalue weighted by Gasteiger charge is 2.51. The van der Waals surface area contributed by atoms with Gasteiger partial charge in [-0.1, -0.05) is 0 Å². The lowest BCUT2D eigenvalue weighted by Crippen LogP contribution is -3.04. The van der Waals surface area contributed by atoms with Crippen LogP contribution in [-0.4, -0.2) is 62.7 Å². The lowest BCUT2D eigenvalue weighted by Gasteiger charge is -2.53. The normalized spacial score (nSPS) is 32.6. The monoisotopic (exact) mass is 210 g/mol. The maximum atomic E-state index is 2.70. The first-order valence-corrected chi connectivity index (χ1v) is 6.48. The van der Waals surface area contributed by atoms with Crippen LogP contribution >= 0.6 is 0 Å². The van der Waals surface area contributed by atoms with Gasteiger partial charge >= 0.3 is 0 Å². The van der Waals surface area contributed by atoms with Gasteiger partial charge in [-0.3, -0.25) is 0 Å². The molecule has 0 bridgehead atoms. The van der Waals surface area contributed by atoms with E-state index in [9.17, 15) is 0 Å². The van der Waals surface area contributed by atoms with Crippen molar-refractivity contribution < 1.29 is 5.32 Å². The summed E-state index contributed by atoms with van der Waals surface area (Å²) in [4.78, 5) is 5.16. The van der Waals surface area contributed by atoms with Crippen LogP contribution in [0.3, 0.4) is 0 Å². The van der Waals surface area contributed by atoms with Gasteiger partial charge in [-0.25, -0.2) is 0 Å². The quantitative estimate of drug-likeness (QED) is 0.645. The van der Waals surface area contributed by atoms with Crippen LogP contribution in [0.25, 0.3) is 0 Å². The third-order valence-corrected chi connectivity index (χ3v) is 4.63. The van der Waals surface area contributed by atoms with Crippen molar-refractivity contribution in [2.45, 2.75) is 12.8 Å². The van der Waals surface area contributed by atoms with Gasteiger partial charge in [0, 0.05) is 19.6 Å². The number of nitrogens with zero attached hydrogens (tertiary/aromatic N) is 2. The molecule has 2 N–H and O–H groups in total. The summed E-state index contributed by atoms with van der Waals surface area (Å²) in [5, 5.41) is 2.45. The molecule has 3 aliphatic rings. The van der Waals surface area contributed by atoms with Gasteiger partial charge in [0.05, 0.1) is 18.5 Å². The number of hydrogen-bond donors (Lipinski definition) is 1. The fourth-order valence-electron chi connectivity index (χ4n) is 3.45. The summed E-state index contributed by atoms with van der Waals surface area (Å²) in [5.41, 5.74) is 0.769. The highest BCUT2D eigenvalue weighted by molar-refractivity contribution is 4.97. The van der Waals surface area contributed by atoms with Crippen LogP contribution < -0.4 is 5.32 Å². The third-order valence-electron chi connectivity index (χ3n) is 4.63. The molecule has 3 heteroatoms. The average molecular weight is 210 g/mol. The smallest absolute Gasteiger partial charge is 0.0933 e. The fraction of sp³-hybridized carbons (Fsp3) is 1.00. The van der Waals surface area contributed by atoms with Crippen LogP contribution in [0.1, 0.15) is 12.8 Å². The maximum absolute atomic E-state index is 2.70. The number of rotatable bonds is 2. The molecule has 86 valence electrons. The molecule has 3 heterocycles. The van der Waals surface area contributed by atoms with Crippen molar-refractivity contribution in [1.29, 1.82) is 0 Å². The fourth-order valence-corrected chi connectivity index (χ4v) is 3.45. The second kappa shape index (κ2) is 3.72. The standard InChI is InChI=1S/C12H23N3/c1-14-4-2-11(3-5-14)6-15-9-12(10-15)7-13-8-12/h11,13H,2-10H2,1H3/p+1. The minimum Gasteiger partial charge on any atom is -0.345 e. The Balaban J connectivity index is 1.40. The van der Waals surface area contributed by atoms with Gasteiger partial charge in [0.1, 0.15) is 0 Å². The van der Waals surface area contributed by atoms with E-state index < -0.39 is 0 Å². The van der Waals surface area contributed by atoms with Gasteiger partial charge in [0.2, 0.25) is 0 Å². The van der Waals surface area contributed by atoms with E-state index in [2.05, 4.69) is 22.2 Å². The molecule has 0 atom stereocenters. The summed E-state index contributed by atoms with van der Waals surface area (Å²) < 4.78 is 0. The van der Waals surface area contributed by atoms with E-state index in [-0.39, 0.29) is 0 Å². The van der Waals surface area contributed by atoms with Crippen molar-refractivity contribution in [2.24, 2.45) is 11.3 Å². The molecule has 3 rings (SSSR count). The number of piperidine rings is 1. The van der Waals surface area contributed by atoms with Crippen LogP contribution in [0.15, 0.2) is 0 Å². The van der Waals surface area contributed by atoms with Crippen LogP contribution in [0, 0.1) is 11.3 Å². The molecule has 1 spiro atoms. The molecule has 0 aromatic rings. The molecular formula is C12H24N3+. The summed E-state index contributed by atoms with van der Waals surface area (Å²) in [5.74, 6) is 0.989. The van der Waals surface area contributed by atoms with Crippen LogP contribution in [-0.2, 0) is 0 Å². The Labute approximate surface area is 92.8 Å². The van der Waals surface area contributed by atoms with Gasteiger partial charge in [0.15, 0.2) is 0 Å². The van der Waals surface area contributed by atoms with E-state index >= 15 is 0 Å². The van der Waals surface area contributed by atoms with Gasteiger partial charge in [0.25, 0.3) is 0 Å². The minimum absolute atomic E-state index is 0.769. The molecule has 3 fully saturated rings. The summed E-state index contributed by atoms with van der Waals surface area (Å²) >= 11 is 0. The van der Waals surface area contributed by atoms with Crippen molar-refractivity contribution in [3.05, 3.63) is 0 Å². The summed E-state index contributed by atoms with van der Waals surface area (Å²) in [6.07, 6.45) is 2.85. The Hall–Kier alpha value is -0.120. The molecule has 3 aliphatic heterocycles. The van der Waals surface area contributed by atoms with E-state index in [1.807, 2.05) is 0 Å². The van der Waals surface area contributed by atoms with Crippen molar-refractivity contribution >= 4 is 0 Å². The zero-order valence-corrected chi connectivity index (χ0v) is 9.91. The van der Waals surface area contributed by atoms with Crippen LogP contribution in [0.4, 0.5) is 0 Å². The van der Waals surface area contributed by atoms with E-state index in [1.165, 1.54) is 58.7 Å². The maximum Gasteiger partial charge on any atom is 0.0933 e. The Morgan fingerprint density at radius 3 is 2.40 bits per heavy atom. The first-order valence-electron chi connectivity index (χ1n) is 6.48. The van der Waals surface area contributed by atoms with Crippen molar-refractivity contribution in [3.8, 4) is 0 Å². The first kappa shape index (κ1) is 10.1. The summed E-state index contributed by atoms with van der Waals surface area (Å²) in [7, 11) is 2.25. The molecular weight excluding hydrogens is 186 g/mol. The molecule has 0 amide bonds. The molecule has 0 unspecified atom stereocenters. The third kappa shape index (κ3) is 1.93. The second-order valence-electron chi connectivity index (χ2n) is 6.11. The van der Waals surface area contributed by atoms with Crippen molar-refractivity contribution in [2.75, 3.05) is 52.9 Å². The highest BCUT2D eigenvalue weighted by Crippen LogP contribution is 2.32. The minimum atomic E-state index is 0.769. The van der Waals surface area contributed by atoms with Gasteiger partial charge in [-0.15, -0.1) is 0 Å². The largest absolute Gasteiger partial charge is 0.345 e. The molecule has 0 aliphatic carbocycles. The Morgan fingerprint density at radius 2 is 1.87 bits per heavy atom. The SMILES string of the molecule is CN1CCC(CN2CC3(C[NH2+]C3)C2)CC1. The molecule has 0 aromatic heterocycles. The van der Waals surface area contributed by atoms with Gasteiger partial charge in [-0.2, -0.15) is 0 Å². The topological polar surface area (TPSA) is 23.1 Å². The Kier molecular flexibility index (Phi) is 2.49.